The highest BCUT2D eigenvalue weighted by atomic mass is 16.4. The molecule has 0 aromatic rings. The van der Waals surface area contributed by atoms with Crippen LogP contribution in [0, 0.1) is 11.3 Å². The maximum atomic E-state index is 11.0. The van der Waals surface area contributed by atoms with E-state index < -0.39 is 11.6 Å². The molecule has 0 heterocycles. The highest BCUT2D eigenvalue weighted by Gasteiger charge is 2.49. The average molecular weight is 240 g/mol. The first-order valence-corrected chi connectivity index (χ1v) is 6.34. The average Bonchev–Trinajstić information content (AvgIpc) is 2.11. The Bertz CT molecular complexity index is 328. The van der Waals surface area contributed by atoms with E-state index in [2.05, 4.69) is 13.8 Å². The number of aliphatic hydroxyl groups is 1. The highest BCUT2D eigenvalue weighted by molar-refractivity contribution is 5.69. The molecule has 1 aliphatic carbocycles. The van der Waals surface area contributed by atoms with Gasteiger partial charge < -0.3 is 10.2 Å². The molecule has 1 fully saturated rings. The minimum atomic E-state index is -1.19. The van der Waals surface area contributed by atoms with Crippen LogP contribution in [-0.2, 0) is 4.79 Å². The number of allylic oxidation sites excluding steroid dienone is 1. The second-order valence-electron chi connectivity index (χ2n) is 6.10. The van der Waals surface area contributed by atoms with Crippen LogP contribution in [0.25, 0.3) is 0 Å². The van der Waals surface area contributed by atoms with Crippen molar-refractivity contribution in [3.05, 3.63) is 11.6 Å². The van der Waals surface area contributed by atoms with Gasteiger partial charge >= 0.3 is 5.97 Å². The van der Waals surface area contributed by atoms with Gasteiger partial charge in [-0.25, -0.2) is 0 Å². The van der Waals surface area contributed by atoms with Gasteiger partial charge in [-0.3, -0.25) is 4.79 Å². The molecular formula is C14H24O3. The Morgan fingerprint density at radius 2 is 2.06 bits per heavy atom. The number of carboxylic acid groups (broad SMARTS) is 1. The molecule has 3 nitrogen and oxygen atoms in total. The van der Waals surface area contributed by atoms with Crippen LogP contribution in [0.4, 0.5) is 0 Å². The molecular weight excluding hydrogens is 216 g/mol. The SMILES string of the molecule is CC(C)/C=C1\CCCC(C)(C)[C@]1(O)CC(=O)O. The van der Waals surface area contributed by atoms with Crippen molar-refractivity contribution in [2.75, 3.05) is 0 Å². The van der Waals surface area contributed by atoms with E-state index in [1.807, 2.05) is 19.9 Å². The summed E-state index contributed by atoms with van der Waals surface area (Å²) in [5.41, 5.74) is -0.655. The van der Waals surface area contributed by atoms with Crippen LogP contribution >= 0.6 is 0 Å². The lowest BCUT2D eigenvalue weighted by Crippen LogP contribution is -2.50. The molecule has 0 radical (unpaired) electrons. The number of aliphatic carboxylic acids is 1. The monoisotopic (exact) mass is 240 g/mol. The maximum absolute atomic E-state index is 11.0. The van der Waals surface area contributed by atoms with Crippen LogP contribution in [0.3, 0.4) is 0 Å². The van der Waals surface area contributed by atoms with Crippen molar-refractivity contribution in [2.45, 2.75) is 59.0 Å². The zero-order chi connectivity index (χ0) is 13.3. The van der Waals surface area contributed by atoms with Gasteiger partial charge in [0, 0.05) is 0 Å². The van der Waals surface area contributed by atoms with E-state index >= 15 is 0 Å². The molecule has 1 rings (SSSR count). The molecule has 0 aromatic heterocycles. The smallest absolute Gasteiger partial charge is 0.306 e. The molecule has 3 heteroatoms. The van der Waals surface area contributed by atoms with Crippen molar-refractivity contribution < 1.29 is 15.0 Å². The number of rotatable bonds is 3. The van der Waals surface area contributed by atoms with E-state index in [4.69, 9.17) is 5.11 Å². The van der Waals surface area contributed by atoms with Crippen molar-refractivity contribution in [1.29, 1.82) is 0 Å². The minimum Gasteiger partial charge on any atom is -0.481 e. The normalized spacial score (nSPS) is 30.8. The van der Waals surface area contributed by atoms with Crippen molar-refractivity contribution in [3.63, 3.8) is 0 Å². The first kappa shape index (κ1) is 14.2. The van der Waals surface area contributed by atoms with Crippen molar-refractivity contribution in [2.24, 2.45) is 11.3 Å². The Morgan fingerprint density at radius 3 is 2.53 bits per heavy atom. The van der Waals surface area contributed by atoms with E-state index in [9.17, 15) is 9.90 Å². The third-order valence-electron chi connectivity index (χ3n) is 3.84. The molecule has 17 heavy (non-hydrogen) atoms. The van der Waals surface area contributed by atoms with Crippen molar-refractivity contribution in [3.8, 4) is 0 Å². The minimum absolute atomic E-state index is 0.196. The highest BCUT2D eigenvalue weighted by Crippen LogP contribution is 2.49. The summed E-state index contributed by atoms with van der Waals surface area (Å²) in [6.45, 7) is 8.03. The zero-order valence-electron chi connectivity index (χ0n) is 11.3. The summed E-state index contributed by atoms with van der Waals surface area (Å²) < 4.78 is 0. The van der Waals surface area contributed by atoms with E-state index in [1.54, 1.807) is 0 Å². The van der Waals surface area contributed by atoms with E-state index in [0.29, 0.717) is 5.92 Å². The maximum Gasteiger partial charge on any atom is 0.306 e. The molecule has 0 unspecified atom stereocenters. The fourth-order valence-electron chi connectivity index (χ4n) is 2.76. The van der Waals surface area contributed by atoms with Gasteiger partial charge in [-0.2, -0.15) is 0 Å². The Hall–Kier alpha value is -0.830. The van der Waals surface area contributed by atoms with Crippen LogP contribution in [-0.4, -0.2) is 21.8 Å². The molecule has 0 aromatic carbocycles. The number of hydrogen-bond acceptors (Lipinski definition) is 2. The molecule has 1 saturated carbocycles. The number of hydrogen-bond donors (Lipinski definition) is 2. The van der Waals surface area contributed by atoms with Gasteiger partial charge in [-0.15, -0.1) is 0 Å². The summed E-state index contributed by atoms with van der Waals surface area (Å²) in [6.07, 6.45) is 4.54. The number of carboxylic acids is 1. The zero-order valence-corrected chi connectivity index (χ0v) is 11.3. The molecule has 0 amide bonds. The molecule has 98 valence electrons. The van der Waals surface area contributed by atoms with E-state index in [1.165, 1.54) is 0 Å². The Morgan fingerprint density at radius 1 is 1.47 bits per heavy atom. The molecule has 1 aliphatic rings. The molecule has 0 saturated heterocycles. The molecule has 1 atom stereocenters. The second kappa shape index (κ2) is 4.81. The summed E-state index contributed by atoms with van der Waals surface area (Å²) in [7, 11) is 0. The largest absolute Gasteiger partial charge is 0.481 e. The Kier molecular flexibility index (Phi) is 4.03. The van der Waals surface area contributed by atoms with Crippen molar-refractivity contribution in [1.82, 2.24) is 0 Å². The lowest BCUT2D eigenvalue weighted by Gasteiger charge is -2.47. The third kappa shape index (κ3) is 2.89. The van der Waals surface area contributed by atoms with Crippen LogP contribution in [0.1, 0.15) is 53.4 Å². The molecule has 0 bridgehead atoms. The van der Waals surface area contributed by atoms with Crippen LogP contribution in [0.2, 0.25) is 0 Å². The lowest BCUT2D eigenvalue weighted by atomic mass is 9.61. The van der Waals surface area contributed by atoms with E-state index in [0.717, 1.165) is 24.8 Å². The summed E-state index contributed by atoms with van der Waals surface area (Å²) in [6, 6.07) is 0. The quantitative estimate of drug-likeness (QED) is 0.746. The Balaban J connectivity index is 3.15. The van der Waals surface area contributed by atoms with Gasteiger partial charge in [0.2, 0.25) is 0 Å². The van der Waals surface area contributed by atoms with Gasteiger partial charge in [0.25, 0.3) is 0 Å². The van der Waals surface area contributed by atoms with Gasteiger partial charge in [-0.05, 0) is 36.2 Å². The predicted octanol–water partition coefficient (Wildman–Crippen LogP) is 2.98. The predicted molar refractivity (Wildman–Crippen MR) is 67.8 cm³/mol. The van der Waals surface area contributed by atoms with Gasteiger partial charge in [0.1, 0.15) is 5.60 Å². The van der Waals surface area contributed by atoms with Crippen LogP contribution in [0.5, 0.6) is 0 Å². The van der Waals surface area contributed by atoms with Crippen molar-refractivity contribution >= 4 is 5.97 Å². The first-order chi connectivity index (χ1) is 7.69. The third-order valence-corrected chi connectivity index (χ3v) is 3.84. The molecule has 0 spiro atoms. The topological polar surface area (TPSA) is 57.5 Å². The van der Waals surface area contributed by atoms with Gasteiger partial charge in [0.05, 0.1) is 6.42 Å². The van der Waals surface area contributed by atoms with Crippen LogP contribution in [0.15, 0.2) is 11.6 Å². The standard InChI is InChI=1S/C14H24O3/c1-10(2)8-11-6-5-7-13(3,4)14(11,17)9-12(15)16/h8,10,17H,5-7,9H2,1-4H3,(H,15,16)/b11-8+/t14-/m0/s1. The fraction of sp³-hybridized carbons (Fsp3) is 0.786. The van der Waals surface area contributed by atoms with E-state index in [-0.39, 0.29) is 11.8 Å². The summed E-state index contributed by atoms with van der Waals surface area (Å²) in [5.74, 6) is -0.601. The molecule has 0 aliphatic heterocycles. The van der Waals surface area contributed by atoms with Gasteiger partial charge in [-0.1, -0.05) is 33.8 Å². The second-order valence-corrected chi connectivity index (χ2v) is 6.10. The molecule has 2 N–H and O–H groups in total. The lowest BCUT2D eigenvalue weighted by molar-refractivity contribution is -0.147. The number of carbonyl (C=O) groups is 1. The Labute approximate surface area is 104 Å². The van der Waals surface area contributed by atoms with Gasteiger partial charge in [0.15, 0.2) is 0 Å². The summed E-state index contributed by atoms with van der Waals surface area (Å²) in [4.78, 5) is 11.0. The fourth-order valence-corrected chi connectivity index (χ4v) is 2.76. The summed E-state index contributed by atoms with van der Waals surface area (Å²) in [5, 5.41) is 19.9. The first-order valence-electron chi connectivity index (χ1n) is 6.34. The summed E-state index contributed by atoms with van der Waals surface area (Å²) >= 11 is 0. The van der Waals surface area contributed by atoms with Crippen LogP contribution < -0.4 is 0 Å².